The average Bonchev–Trinajstić information content (AvgIpc) is 3.80. The van der Waals surface area contributed by atoms with E-state index in [4.69, 9.17) is 4.98 Å². The lowest BCUT2D eigenvalue weighted by Crippen LogP contribution is -2.26. The number of para-hydroxylation sites is 2. The van der Waals surface area contributed by atoms with E-state index < -0.39 is 5.41 Å². The second-order valence-electron chi connectivity index (χ2n) is 13.8. The highest BCUT2D eigenvalue weighted by molar-refractivity contribution is 6.06. The van der Waals surface area contributed by atoms with Crippen LogP contribution < -0.4 is 0 Å². The van der Waals surface area contributed by atoms with Crippen LogP contribution >= 0.6 is 0 Å². The zero-order chi connectivity index (χ0) is 33.0. The van der Waals surface area contributed by atoms with Gasteiger partial charge in [0.15, 0.2) is 0 Å². The van der Waals surface area contributed by atoms with Crippen molar-refractivity contribution in [1.29, 1.82) is 0 Å². The smallest absolute Gasteiger partial charge is 0.141 e. The first kappa shape index (κ1) is 27.7. The second kappa shape index (κ2) is 10.1. The molecule has 11 rings (SSSR count). The van der Waals surface area contributed by atoms with Gasteiger partial charge < -0.3 is 4.57 Å². The maximum atomic E-state index is 5.00. The van der Waals surface area contributed by atoms with Crippen molar-refractivity contribution in [3.05, 3.63) is 186 Å². The lowest BCUT2D eigenvalue weighted by molar-refractivity contribution is 0.796. The summed E-state index contributed by atoms with van der Waals surface area (Å²) in [5.41, 5.74) is 16.3. The fourth-order valence-electron chi connectivity index (χ4n) is 9.27. The van der Waals surface area contributed by atoms with Gasteiger partial charge in [0.05, 0.1) is 16.4 Å². The molecule has 0 N–H and O–H groups in total. The van der Waals surface area contributed by atoms with E-state index >= 15 is 0 Å². The number of rotatable bonds is 3. The predicted molar refractivity (Wildman–Crippen MR) is 208 cm³/mol. The first-order chi connectivity index (χ1) is 24.7. The molecule has 0 atom stereocenters. The lowest BCUT2D eigenvalue weighted by Gasteiger charge is -2.31. The van der Waals surface area contributed by atoms with Gasteiger partial charge >= 0.3 is 0 Å². The monoisotopic (exact) mass is 636 g/mol. The SMILES string of the molecule is CCn1c(-c2ccc(-c3ccc4c5c(ccc4c3)-c3cc4ccccc4cc3C53c4ccccc4-c4ccccc43)cc2)nc2ccccc21. The van der Waals surface area contributed by atoms with Gasteiger partial charge in [-0.05, 0) is 114 Å². The van der Waals surface area contributed by atoms with E-state index in [1.54, 1.807) is 0 Å². The van der Waals surface area contributed by atoms with Crippen LogP contribution in [-0.4, -0.2) is 9.55 Å². The maximum absolute atomic E-state index is 5.00. The minimum atomic E-state index is -0.394. The Balaban J connectivity index is 1.11. The van der Waals surface area contributed by atoms with Crippen molar-refractivity contribution in [2.24, 2.45) is 0 Å². The van der Waals surface area contributed by atoms with Crippen LogP contribution in [0.1, 0.15) is 29.2 Å². The van der Waals surface area contributed by atoms with Gasteiger partial charge in [-0.3, -0.25) is 0 Å². The molecule has 50 heavy (non-hydrogen) atoms. The molecule has 0 unspecified atom stereocenters. The molecule has 0 aliphatic heterocycles. The van der Waals surface area contributed by atoms with Crippen LogP contribution in [-0.2, 0) is 12.0 Å². The molecule has 0 saturated heterocycles. The third-order valence-electron chi connectivity index (χ3n) is 11.4. The van der Waals surface area contributed by atoms with Crippen LogP contribution in [0, 0.1) is 0 Å². The van der Waals surface area contributed by atoms with E-state index in [2.05, 4.69) is 175 Å². The Morgan fingerprint density at radius 1 is 0.480 bits per heavy atom. The molecular formula is C48H32N2. The molecule has 0 radical (unpaired) electrons. The highest BCUT2D eigenvalue weighted by Crippen LogP contribution is 2.64. The molecule has 9 aromatic rings. The maximum Gasteiger partial charge on any atom is 0.141 e. The Labute approximate surface area is 290 Å². The summed E-state index contributed by atoms with van der Waals surface area (Å²) in [6.07, 6.45) is 0. The molecule has 0 amide bonds. The summed E-state index contributed by atoms with van der Waals surface area (Å²) in [5, 5.41) is 5.13. The molecule has 1 spiro atoms. The van der Waals surface area contributed by atoms with Crippen LogP contribution in [0.15, 0.2) is 164 Å². The van der Waals surface area contributed by atoms with E-state index in [9.17, 15) is 0 Å². The number of hydrogen-bond donors (Lipinski definition) is 0. The highest BCUT2D eigenvalue weighted by atomic mass is 15.1. The number of benzene rings is 8. The van der Waals surface area contributed by atoms with Crippen LogP contribution in [0.3, 0.4) is 0 Å². The van der Waals surface area contributed by atoms with Crippen molar-refractivity contribution in [3.8, 4) is 44.8 Å². The largest absolute Gasteiger partial charge is 0.324 e. The summed E-state index contributed by atoms with van der Waals surface area (Å²) in [7, 11) is 0. The van der Waals surface area contributed by atoms with Crippen molar-refractivity contribution in [2.75, 3.05) is 0 Å². The Kier molecular flexibility index (Phi) is 5.61. The van der Waals surface area contributed by atoms with Gasteiger partial charge in [0, 0.05) is 12.1 Å². The summed E-state index contributed by atoms with van der Waals surface area (Å²) in [6, 6.07) is 61.0. The average molecular weight is 637 g/mol. The van der Waals surface area contributed by atoms with Crippen LogP contribution in [0.25, 0.3) is 77.3 Å². The first-order valence-electron chi connectivity index (χ1n) is 17.6. The summed E-state index contributed by atoms with van der Waals surface area (Å²) < 4.78 is 2.30. The zero-order valence-corrected chi connectivity index (χ0v) is 27.7. The van der Waals surface area contributed by atoms with E-state index in [-0.39, 0.29) is 0 Å². The molecule has 2 nitrogen and oxygen atoms in total. The molecule has 0 bridgehead atoms. The molecule has 8 aromatic carbocycles. The van der Waals surface area contributed by atoms with E-state index in [0.29, 0.717) is 0 Å². The number of fused-ring (bicyclic) bond motifs is 14. The Hall–Kier alpha value is -6.25. The highest BCUT2D eigenvalue weighted by Gasteiger charge is 2.52. The van der Waals surface area contributed by atoms with Gasteiger partial charge in [-0.1, -0.05) is 133 Å². The van der Waals surface area contributed by atoms with Gasteiger partial charge in [-0.2, -0.15) is 0 Å². The Morgan fingerprint density at radius 3 is 1.88 bits per heavy atom. The van der Waals surface area contributed by atoms with Gasteiger partial charge in [-0.15, -0.1) is 0 Å². The minimum absolute atomic E-state index is 0.394. The van der Waals surface area contributed by atoms with Gasteiger partial charge in [-0.25, -0.2) is 4.98 Å². The molecule has 2 aliphatic carbocycles. The van der Waals surface area contributed by atoms with Crippen LogP contribution in [0.4, 0.5) is 0 Å². The standard InChI is InChI=1S/C48H32N2/c1-2-50-45-18-10-9-17-44(45)49-47(50)31-21-19-30(20-22-31)34-23-25-36-35(27-34)24-26-39-40-28-32-11-3-4-12-33(32)29-43(40)48(46(36)39)41-15-7-5-13-37(41)38-14-6-8-16-42(38)48/h3-29H,2H2,1H3. The fourth-order valence-corrected chi connectivity index (χ4v) is 9.27. The molecule has 0 fully saturated rings. The first-order valence-corrected chi connectivity index (χ1v) is 17.6. The molecule has 1 aromatic heterocycles. The van der Waals surface area contributed by atoms with Gasteiger partial charge in [0.2, 0.25) is 0 Å². The van der Waals surface area contributed by atoms with Crippen molar-refractivity contribution in [2.45, 2.75) is 18.9 Å². The molecule has 1 heterocycles. The third kappa shape index (κ3) is 3.55. The van der Waals surface area contributed by atoms with Gasteiger partial charge in [0.25, 0.3) is 0 Å². The quantitative estimate of drug-likeness (QED) is 0.189. The number of aromatic nitrogens is 2. The molecule has 2 aliphatic rings. The topological polar surface area (TPSA) is 17.8 Å². The number of aryl methyl sites for hydroxylation is 1. The van der Waals surface area contributed by atoms with E-state index in [1.807, 2.05) is 0 Å². The molecule has 234 valence electrons. The molecule has 2 heteroatoms. The summed E-state index contributed by atoms with van der Waals surface area (Å²) >= 11 is 0. The summed E-state index contributed by atoms with van der Waals surface area (Å²) in [5.74, 6) is 1.02. The number of hydrogen-bond acceptors (Lipinski definition) is 1. The predicted octanol–water partition coefficient (Wildman–Crippen LogP) is 12.0. The normalized spacial score (nSPS) is 13.5. The summed E-state index contributed by atoms with van der Waals surface area (Å²) in [4.78, 5) is 5.00. The van der Waals surface area contributed by atoms with Crippen molar-refractivity contribution < 1.29 is 0 Å². The zero-order valence-electron chi connectivity index (χ0n) is 27.7. The molecular weight excluding hydrogens is 605 g/mol. The van der Waals surface area contributed by atoms with Crippen molar-refractivity contribution in [1.82, 2.24) is 9.55 Å². The molecule has 0 saturated carbocycles. The third-order valence-corrected chi connectivity index (χ3v) is 11.4. The van der Waals surface area contributed by atoms with E-state index in [1.165, 1.54) is 82.7 Å². The fraction of sp³-hybridized carbons (Fsp3) is 0.0625. The van der Waals surface area contributed by atoms with E-state index in [0.717, 1.165) is 23.4 Å². The second-order valence-corrected chi connectivity index (χ2v) is 13.8. The minimum Gasteiger partial charge on any atom is -0.324 e. The van der Waals surface area contributed by atoms with Gasteiger partial charge in [0.1, 0.15) is 5.82 Å². The van der Waals surface area contributed by atoms with Crippen LogP contribution in [0.2, 0.25) is 0 Å². The lowest BCUT2D eigenvalue weighted by atomic mass is 9.69. The number of nitrogens with zero attached hydrogens (tertiary/aromatic N) is 2. The summed E-state index contributed by atoms with van der Waals surface area (Å²) in [6.45, 7) is 3.06. The Bertz CT molecular complexity index is 2810. The number of imidazole rings is 1. The van der Waals surface area contributed by atoms with Crippen molar-refractivity contribution >= 4 is 32.6 Å². The van der Waals surface area contributed by atoms with Crippen molar-refractivity contribution in [3.63, 3.8) is 0 Å². The Morgan fingerprint density at radius 2 is 1.12 bits per heavy atom. The van der Waals surface area contributed by atoms with Crippen LogP contribution in [0.5, 0.6) is 0 Å².